The van der Waals surface area contributed by atoms with Crippen LogP contribution < -0.4 is 10.6 Å². The predicted molar refractivity (Wildman–Crippen MR) is 96.8 cm³/mol. The Balaban J connectivity index is 1.70. The lowest BCUT2D eigenvalue weighted by molar-refractivity contribution is 0.0574. The average molecular weight is 317 g/mol. The van der Waals surface area contributed by atoms with E-state index < -0.39 is 0 Å². The van der Waals surface area contributed by atoms with Gasteiger partial charge in [0, 0.05) is 19.7 Å². The van der Waals surface area contributed by atoms with Gasteiger partial charge in [-0.3, -0.25) is 0 Å². The third kappa shape index (κ3) is 6.61. The van der Waals surface area contributed by atoms with Crippen molar-refractivity contribution in [3.05, 3.63) is 35.4 Å². The normalized spacial score (nSPS) is 15.8. The first kappa shape index (κ1) is 17.8. The summed E-state index contributed by atoms with van der Waals surface area (Å²) in [5, 5.41) is 6.70. The minimum atomic E-state index is 0.512. The molecular weight excluding hydrogens is 286 g/mol. The number of rotatable bonds is 8. The Labute approximate surface area is 140 Å². The molecule has 0 radical (unpaired) electrons. The second kappa shape index (κ2) is 10.3. The summed E-state index contributed by atoms with van der Waals surface area (Å²) in [7, 11) is 0. The van der Waals surface area contributed by atoms with Crippen molar-refractivity contribution >= 4 is 5.96 Å². The van der Waals surface area contributed by atoms with E-state index in [0.29, 0.717) is 12.6 Å². The van der Waals surface area contributed by atoms with Crippen molar-refractivity contribution in [2.75, 3.05) is 19.7 Å². The molecule has 4 nitrogen and oxygen atoms in total. The van der Waals surface area contributed by atoms with Crippen molar-refractivity contribution in [1.82, 2.24) is 10.6 Å². The second-order valence-corrected chi connectivity index (χ2v) is 6.18. The van der Waals surface area contributed by atoms with Crippen LogP contribution in [0.5, 0.6) is 0 Å². The molecule has 0 bridgehead atoms. The fourth-order valence-corrected chi connectivity index (χ4v) is 2.88. The SMILES string of the molecule is CCNC(=NCc1ccccc1C)NCCCOC1CCCC1. The lowest BCUT2D eigenvalue weighted by atomic mass is 10.1. The van der Waals surface area contributed by atoms with Crippen LogP contribution in [0, 0.1) is 6.92 Å². The van der Waals surface area contributed by atoms with Gasteiger partial charge in [-0.2, -0.15) is 0 Å². The highest BCUT2D eigenvalue weighted by Crippen LogP contribution is 2.20. The number of hydrogen-bond donors (Lipinski definition) is 2. The maximum absolute atomic E-state index is 5.89. The average Bonchev–Trinajstić information content (AvgIpc) is 3.07. The number of nitrogens with one attached hydrogen (secondary N) is 2. The van der Waals surface area contributed by atoms with Gasteiger partial charge in [0.1, 0.15) is 0 Å². The van der Waals surface area contributed by atoms with Gasteiger partial charge in [0.2, 0.25) is 0 Å². The molecule has 0 saturated heterocycles. The summed E-state index contributed by atoms with van der Waals surface area (Å²) >= 11 is 0. The standard InChI is InChI=1S/C19H31N3O/c1-3-20-19(22-15-17-10-5-4-9-16(17)2)21-13-8-14-23-18-11-6-7-12-18/h4-5,9-10,18H,3,6-8,11-15H2,1-2H3,(H2,20,21,22). The molecule has 1 aromatic rings. The first-order valence-electron chi connectivity index (χ1n) is 8.98. The number of hydrogen-bond acceptors (Lipinski definition) is 2. The van der Waals surface area contributed by atoms with Gasteiger partial charge in [-0.25, -0.2) is 4.99 Å². The number of benzene rings is 1. The van der Waals surface area contributed by atoms with Gasteiger partial charge in [-0.05, 0) is 44.2 Å². The molecule has 0 unspecified atom stereocenters. The van der Waals surface area contributed by atoms with Gasteiger partial charge in [0.15, 0.2) is 5.96 Å². The number of guanidine groups is 1. The fourth-order valence-electron chi connectivity index (χ4n) is 2.88. The van der Waals surface area contributed by atoms with E-state index >= 15 is 0 Å². The van der Waals surface area contributed by atoms with Crippen molar-refractivity contribution in [2.24, 2.45) is 4.99 Å². The van der Waals surface area contributed by atoms with Gasteiger partial charge >= 0.3 is 0 Å². The van der Waals surface area contributed by atoms with Crippen LogP contribution in [0.3, 0.4) is 0 Å². The van der Waals surface area contributed by atoms with Gasteiger partial charge in [-0.1, -0.05) is 37.1 Å². The van der Waals surface area contributed by atoms with Gasteiger partial charge < -0.3 is 15.4 Å². The summed E-state index contributed by atoms with van der Waals surface area (Å²) in [4.78, 5) is 4.67. The van der Waals surface area contributed by atoms with E-state index in [0.717, 1.165) is 32.1 Å². The van der Waals surface area contributed by atoms with E-state index in [1.807, 2.05) is 0 Å². The smallest absolute Gasteiger partial charge is 0.191 e. The summed E-state index contributed by atoms with van der Waals surface area (Å²) in [5.41, 5.74) is 2.56. The molecule has 0 heterocycles. The molecule has 23 heavy (non-hydrogen) atoms. The molecule has 0 amide bonds. The predicted octanol–water partition coefficient (Wildman–Crippen LogP) is 3.40. The van der Waals surface area contributed by atoms with Crippen LogP contribution in [0.4, 0.5) is 0 Å². The van der Waals surface area contributed by atoms with E-state index in [1.54, 1.807) is 0 Å². The highest BCUT2D eigenvalue weighted by Gasteiger charge is 2.14. The van der Waals surface area contributed by atoms with Crippen molar-refractivity contribution in [1.29, 1.82) is 0 Å². The summed E-state index contributed by atoms with van der Waals surface area (Å²) in [6.45, 7) is 7.54. The monoisotopic (exact) mass is 317 g/mol. The number of ether oxygens (including phenoxy) is 1. The van der Waals surface area contributed by atoms with Crippen LogP contribution in [-0.4, -0.2) is 31.8 Å². The van der Waals surface area contributed by atoms with Gasteiger partial charge in [0.05, 0.1) is 12.6 Å². The van der Waals surface area contributed by atoms with E-state index in [2.05, 4.69) is 53.7 Å². The minimum Gasteiger partial charge on any atom is -0.378 e. The summed E-state index contributed by atoms with van der Waals surface area (Å²) in [6.07, 6.45) is 6.68. The summed E-state index contributed by atoms with van der Waals surface area (Å²) < 4.78 is 5.89. The second-order valence-electron chi connectivity index (χ2n) is 6.18. The molecule has 128 valence electrons. The van der Waals surface area contributed by atoms with Crippen LogP contribution in [0.15, 0.2) is 29.3 Å². The van der Waals surface area contributed by atoms with Crippen molar-refractivity contribution in [2.45, 2.75) is 58.6 Å². The lowest BCUT2D eigenvalue weighted by Gasteiger charge is -2.13. The fraction of sp³-hybridized carbons (Fsp3) is 0.632. The van der Waals surface area contributed by atoms with E-state index in [4.69, 9.17) is 4.74 Å². The van der Waals surface area contributed by atoms with Crippen molar-refractivity contribution in [3.8, 4) is 0 Å². The quantitative estimate of drug-likeness (QED) is 0.439. The summed E-state index contributed by atoms with van der Waals surface area (Å²) in [5.74, 6) is 0.886. The van der Waals surface area contributed by atoms with Crippen molar-refractivity contribution < 1.29 is 4.74 Å². The van der Waals surface area contributed by atoms with Crippen molar-refractivity contribution in [3.63, 3.8) is 0 Å². The molecule has 4 heteroatoms. The summed E-state index contributed by atoms with van der Waals surface area (Å²) in [6, 6.07) is 8.40. The first-order chi connectivity index (χ1) is 11.3. The Morgan fingerprint density at radius 1 is 1.22 bits per heavy atom. The Hall–Kier alpha value is -1.55. The molecule has 1 aliphatic carbocycles. The van der Waals surface area contributed by atoms with Gasteiger partial charge in [0.25, 0.3) is 0 Å². The van der Waals surface area contributed by atoms with Crippen LogP contribution in [0.2, 0.25) is 0 Å². The molecule has 2 N–H and O–H groups in total. The zero-order valence-corrected chi connectivity index (χ0v) is 14.6. The van der Waals surface area contributed by atoms with Crippen LogP contribution in [0.1, 0.15) is 50.2 Å². The molecular formula is C19H31N3O. The number of aliphatic imine (C=N–C) groups is 1. The number of aryl methyl sites for hydroxylation is 1. The first-order valence-corrected chi connectivity index (χ1v) is 8.98. The molecule has 1 aromatic carbocycles. The zero-order chi connectivity index (χ0) is 16.3. The zero-order valence-electron chi connectivity index (χ0n) is 14.6. The topological polar surface area (TPSA) is 45.7 Å². The highest BCUT2D eigenvalue weighted by atomic mass is 16.5. The molecule has 1 saturated carbocycles. The minimum absolute atomic E-state index is 0.512. The maximum atomic E-state index is 5.89. The van der Waals surface area contributed by atoms with Crippen LogP contribution >= 0.6 is 0 Å². The van der Waals surface area contributed by atoms with E-state index in [9.17, 15) is 0 Å². The molecule has 0 aromatic heterocycles. The third-order valence-electron chi connectivity index (χ3n) is 4.28. The Kier molecular flexibility index (Phi) is 7.95. The van der Waals surface area contributed by atoms with Gasteiger partial charge in [-0.15, -0.1) is 0 Å². The Bertz CT molecular complexity index is 481. The maximum Gasteiger partial charge on any atom is 0.191 e. The van der Waals surface area contributed by atoms with Crippen LogP contribution in [0.25, 0.3) is 0 Å². The molecule has 0 atom stereocenters. The van der Waals surface area contributed by atoms with Crippen LogP contribution in [-0.2, 0) is 11.3 Å². The molecule has 0 spiro atoms. The molecule has 0 aliphatic heterocycles. The third-order valence-corrected chi connectivity index (χ3v) is 4.28. The lowest BCUT2D eigenvalue weighted by Crippen LogP contribution is -2.38. The Morgan fingerprint density at radius 3 is 2.74 bits per heavy atom. The molecule has 1 aliphatic rings. The molecule has 1 fully saturated rings. The molecule has 2 rings (SSSR count). The van der Waals surface area contributed by atoms with E-state index in [1.165, 1.54) is 36.8 Å². The largest absolute Gasteiger partial charge is 0.378 e. The number of nitrogens with zero attached hydrogens (tertiary/aromatic N) is 1. The highest BCUT2D eigenvalue weighted by molar-refractivity contribution is 5.79. The van der Waals surface area contributed by atoms with E-state index in [-0.39, 0.29) is 0 Å². The Morgan fingerprint density at radius 2 is 2.00 bits per heavy atom.